The van der Waals surface area contributed by atoms with Crippen LogP contribution in [0.3, 0.4) is 0 Å². The number of aryl methyl sites for hydroxylation is 1. The van der Waals surface area contributed by atoms with E-state index >= 15 is 0 Å². The fourth-order valence-corrected chi connectivity index (χ4v) is 4.79. The molecular weight excluding hydrogens is 470 g/mol. The number of imidazole rings is 1. The lowest BCUT2D eigenvalue weighted by Crippen LogP contribution is -2.36. The summed E-state index contributed by atoms with van der Waals surface area (Å²) in [6.07, 6.45) is 6.00. The van der Waals surface area contributed by atoms with Crippen LogP contribution in [0.1, 0.15) is 32.1 Å². The summed E-state index contributed by atoms with van der Waals surface area (Å²) in [5.41, 5.74) is 4.85. The van der Waals surface area contributed by atoms with E-state index < -0.39 is 0 Å². The standard InChI is InChI=1S/C26H29N9O2/c1-3-17(24-27-8-5-9-28-24)29-23-21(26(36)32-20-15-35(4-2)33-22(20)23)25-30-18-7-6-16(14-19(18)31-25)34-10-12-37-13-11-34/h5-9,14-15,17,29H,3-4,10-13H2,1-2H3,(H,30,31)(H,32,36)/t17-/m0/s1. The van der Waals surface area contributed by atoms with E-state index in [4.69, 9.17) is 14.8 Å². The molecule has 0 spiro atoms. The van der Waals surface area contributed by atoms with Crippen LogP contribution in [-0.4, -0.2) is 61.0 Å². The van der Waals surface area contributed by atoms with Gasteiger partial charge in [-0.2, -0.15) is 5.10 Å². The fourth-order valence-electron chi connectivity index (χ4n) is 4.79. The lowest BCUT2D eigenvalue weighted by molar-refractivity contribution is 0.122. The van der Waals surface area contributed by atoms with Crippen molar-refractivity contribution in [3.8, 4) is 11.4 Å². The summed E-state index contributed by atoms with van der Waals surface area (Å²) in [6, 6.07) is 7.70. The molecule has 1 atom stereocenters. The first kappa shape index (κ1) is 23.2. The summed E-state index contributed by atoms with van der Waals surface area (Å²) >= 11 is 0. The summed E-state index contributed by atoms with van der Waals surface area (Å²) in [5.74, 6) is 1.13. The van der Waals surface area contributed by atoms with E-state index in [0.29, 0.717) is 53.7 Å². The number of hydrogen-bond donors (Lipinski definition) is 3. The summed E-state index contributed by atoms with van der Waals surface area (Å²) in [6.45, 7) is 7.86. The first-order chi connectivity index (χ1) is 18.1. The fraction of sp³-hybridized carbons (Fsp3) is 0.346. The summed E-state index contributed by atoms with van der Waals surface area (Å²) in [7, 11) is 0. The highest BCUT2D eigenvalue weighted by atomic mass is 16.5. The monoisotopic (exact) mass is 499 g/mol. The van der Waals surface area contributed by atoms with Crippen LogP contribution in [0.5, 0.6) is 0 Å². The molecule has 0 bridgehead atoms. The molecule has 1 aliphatic rings. The number of fused-ring (bicyclic) bond motifs is 2. The quantitative estimate of drug-likeness (QED) is 0.310. The van der Waals surface area contributed by atoms with Crippen LogP contribution in [-0.2, 0) is 11.3 Å². The number of pyridine rings is 1. The molecule has 3 N–H and O–H groups in total. The number of aromatic amines is 2. The molecule has 0 saturated carbocycles. The van der Waals surface area contributed by atoms with E-state index in [1.165, 1.54) is 0 Å². The Kier molecular flexibility index (Phi) is 6.05. The number of rotatable bonds is 7. The van der Waals surface area contributed by atoms with E-state index in [-0.39, 0.29) is 11.6 Å². The van der Waals surface area contributed by atoms with Crippen LogP contribution < -0.4 is 15.8 Å². The van der Waals surface area contributed by atoms with Gasteiger partial charge in [-0.25, -0.2) is 15.0 Å². The molecule has 1 fully saturated rings. The van der Waals surface area contributed by atoms with Gasteiger partial charge in [0.05, 0.1) is 41.5 Å². The Morgan fingerprint density at radius 2 is 1.92 bits per heavy atom. The Hall–Kier alpha value is -4.25. The molecule has 4 aromatic heterocycles. The van der Waals surface area contributed by atoms with Crippen molar-refractivity contribution in [1.29, 1.82) is 0 Å². The van der Waals surface area contributed by atoms with Gasteiger partial charge in [-0.3, -0.25) is 9.48 Å². The Bertz CT molecular complexity index is 1600. The molecule has 5 heterocycles. The molecule has 11 heteroatoms. The molecule has 0 radical (unpaired) electrons. The van der Waals surface area contributed by atoms with Crippen LogP contribution in [0.15, 0.2) is 47.7 Å². The van der Waals surface area contributed by atoms with Gasteiger partial charge in [0, 0.05) is 43.9 Å². The van der Waals surface area contributed by atoms with Gasteiger partial charge in [0.2, 0.25) is 0 Å². The van der Waals surface area contributed by atoms with E-state index in [0.717, 1.165) is 36.2 Å². The molecule has 0 aliphatic carbocycles. The minimum atomic E-state index is -0.248. The zero-order valence-corrected chi connectivity index (χ0v) is 20.9. The number of benzene rings is 1. The van der Waals surface area contributed by atoms with Crippen molar-refractivity contribution < 1.29 is 4.74 Å². The van der Waals surface area contributed by atoms with E-state index in [1.54, 1.807) is 18.5 Å². The SMILES string of the molecule is CC[C@H](Nc1c(-c2nc3ccc(N4CCOCC4)cc3[nH]2)c(=O)[nH]c2cn(CC)nc12)c1ncccn1. The van der Waals surface area contributed by atoms with Crippen LogP contribution in [0, 0.1) is 0 Å². The first-order valence-electron chi connectivity index (χ1n) is 12.6. The zero-order valence-electron chi connectivity index (χ0n) is 20.9. The highest BCUT2D eigenvalue weighted by Crippen LogP contribution is 2.33. The minimum Gasteiger partial charge on any atom is -0.378 e. The van der Waals surface area contributed by atoms with Crippen molar-refractivity contribution in [1.82, 2.24) is 34.7 Å². The van der Waals surface area contributed by atoms with E-state index in [9.17, 15) is 4.79 Å². The molecule has 11 nitrogen and oxygen atoms in total. The van der Waals surface area contributed by atoms with Crippen molar-refractivity contribution in [2.24, 2.45) is 0 Å². The van der Waals surface area contributed by atoms with Gasteiger partial charge in [0.15, 0.2) is 0 Å². The number of anilines is 2. The second kappa shape index (κ2) is 9.66. The number of morpholine rings is 1. The third-order valence-corrected chi connectivity index (χ3v) is 6.75. The zero-order chi connectivity index (χ0) is 25.4. The van der Waals surface area contributed by atoms with Gasteiger partial charge in [0.25, 0.3) is 5.56 Å². The van der Waals surface area contributed by atoms with Crippen LogP contribution >= 0.6 is 0 Å². The Morgan fingerprint density at radius 3 is 2.68 bits per heavy atom. The summed E-state index contributed by atoms with van der Waals surface area (Å²) in [5, 5.41) is 8.29. The van der Waals surface area contributed by atoms with Gasteiger partial charge < -0.3 is 24.9 Å². The molecule has 37 heavy (non-hydrogen) atoms. The van der Waals surface area contributed by atoms with Gasteiger partial charge in [-0.15, -0.1) is 0 Å². The highest BCUT2D eigenvalue weighted by Gasteiger charge is 2.24. The average Bonchev–Trinajstić information content (AvgIpc) is 3.55. The summed E-state index contributed by atoms with van der Waals surface area (Å²) in [4.78, 5) is 35.9. The van der Waals surface area contributed by atoms with Crippen molar-refractivity contribution in [3.63, 3.8) is 0 Å². The maximum atomic E-state index is 13.5. The highest BCUT2D eigenvalue weighted by molar-refractivity contribution is 5.96. The molecular formula is C26H29N9O2. The number of ether oxygens (including phenoxy) is 1. The molecule has 1 saturated heterocycles. The lowest BCUT2D eigenvalue weighted by atomic mass is 10.1. The molecule has 0 unspecified atom stereocenters. The molecule has 1 aromatic carbocycles. The third-order valence-electron chi connectivity index (χ3n) is 6.75. The van der Waals surface area contributed by atoms with E-state index in [2.05, 4.69) is 49.2 Å². The third kappa shape index (κ3) is 4.31. The second-order valence-electron chi connectivity index (χ2n) is 9.05. The number of hydrogen-bond acceptors (Lipinski definition) is 8. The Balaban J connectivity index is 1.49. The molecule has 0 amide bonds. The van der Waals surface area contributed by atoms with Crippen molar-refractivity contribution in [2.45, 2.75) is 32.9 Å². The number of H-pyrrole nitrogens is 2. The maximum absolute atomic E-state index is 13.5. The van der Waals surface area contributed by atoms with Crippen molar-refractivity contribution in [3.05, 3.63) is 59.0 Å². The Morgan fingerprint density at radius 1 is 1.11 bits per heavy atom. The van der Waals surface area contributed by atoms with Crippen LogP contribution in [0.25, 0.3) is 33.5 Å². The van der Waals surface area contributed by atoms with E-state index in [1.807, 2.05) is 23.9 Å². The van der Waals surface area contributed by atoms with Crippen LogP contribution in [0.4, 0.5) is 11.4 Å². The van der Waals surface area contributed by atoms with Crippen LogP contribution in [0.2, 0.25) is 0 Å². The lowest BCUT2D eigenvalue weighted by Gasteiger charge is -2.28. The van der Waals surface area contributed by atoms with Crippen molar-refractivity contribution >= 4 is 33.4 Å². The van der Waals surface area contributed by atoms with Gasteiger partial charge in [0.1, 0.15) is 22.7 Å². The predicted molar refractivity (Wildman–Crippen MR) is 143 cm³/mol. The number of aromatic nitrogens is 7. The predicted octanol–water partition coefficient (Wildman–Crippen LogP) is 3.48. The molecule has 5 aromatic rings. The largest absolute Gasteiger partial charge is 0.378 e. The topological polar surface area (TPSA) is 130 Å². The Labute approximate surface area is 212 Å². The first-order valence-corrected chi connectivity index (χ1v) is 12.6. The molecule has 190 valence electrons. The average molecular weight is 500 g/mol. The normalized spacial score (nSPS) is 14.9. The van der Waals surface area contributed by atoms with Gasteiger partial charge in [-0.1, -0.05) is 6.92 Å². The maximum Gasteiger partial charge on any atom is 0.261 e. The number of nitrogens with one attached hydrogen (secondary N) is 3. The minimum absolute atomic E-state index is 0.214. The summed E-state index contributed by atoms with van der Waals surface area (Å²) < 4.78 is 7.30. The molecule has 6 rings (SSSR count). The second-order valence-corrected chi connectivity index (χ2v) is 9.05. The van der Waals surface area contributed by atoms with Gasteiger partial charge in [-0.05, 0) is 37.6 Å². The molecule has 1 aliphatic heterocycles. The smallest absolute Gasteiger partial charge is 0.261 e. The van der Waals surface area contributed by atoms with Crippen molar-refractivity contribution in [2.75, 3.05) is 36.5 Å². The number of nitrogens with zero attached hydrogens (tertiary/aromatic N) is 6. The van der Waals surface area contributed by atoms with Gasteiger partial charge >= 0.3 is 0 Å².